The molecule has 0 aromatic rings. The molecule has 120 valence electrons. The zero-order chi connectivity index (χ0) is 15.4. The first-order valence-electron chi connectivity index (χ1n) is 8.17. The molecule has 4 nitrogen and oxygen atoms in total. The minimum absolute atomic E-state index is 0.0150. The highest BCUT2D eigenvalue weighted by atomic mass is 32.2. The summed E-state index contributed by atoms with van der Waals surface area (Å²) in [5.41, 5.74) is 0. The topological polar surface area (TPSA) is 49.4 Å². The van der Waals surface area contributed by atoms with E-state index < -0.39 is 0 Å². The molecule has 2 aliphatic rings. The van der Waals surface area contributed by atoms with Crippen LogP contribution in [0.15, 0.2) is 0 Å². The third-order valence-corrected chi connectivity index (χ3v) is 5.59. The highest BCUT2D eigenvalue weighted by Gasteiger charge is 2.43. The van der Waals surface area contributed by atoms with Gasteiger partial charge in [0.2, 0.25) is 11.8 Å². The smallest absolute Gasteiger partial charge is 0.246 e. The van der Waals surface area contributed by atoms with Crippen LogP contribution in [0.3, 0.4) is 0 Å². The van der Waals surface area contributed by atoms with E-state index in [1.54, 1.807) is 11.8 Å². The number of piperazine rings is 1. The Hall–Kier alpha value is -0.710. The Labute approximate surface area is 132 Å². The summed E-state index contributed by atoms with van der Waals surface area (Å²) >= 11 is 1.79. The van der Waals surface area contributed by atoms with Gasteiger partial charge in [-0.05, 0) is 51.0 Å². The third kappa shape index (κ3) is 3.74. The lowest BCUT2D eigenvalue weighted by atomic mass is 9.82. The molecular formula is C16H28N2O2S. The minimum Gasteiger partial charge on any atom is -0.342 e. The van der Waals surface area contributed by atoms with Crippen LogP contribution in [0.4, 0.5) is 0 Å². The first-order chi connectivity index (χ1) is 10.1. The average Bonchev–Trinajstić information content (AvgIpc) is 2.50. The number of carbonyl (C=O) groups excluding carboxylic acids is 2. The van der Waals surface area contributed by atoms with Gasteiger partial charge in [0.15, 0.2) is 0 Å². The number of thioether (sulfide) groups is 1. The van der Waals surface area contributed by atoms with E-state index in [2.05, 4.69) is 18.5 Å². The van der Waals surface area contributed by atoms with Gasteiger partial charge in [-0.2, -0.15) is 11.8 Å². The summed E-state index contributed by atoms with van der Waals surface area (Å²) in [6, 6.07) is -0.489. The highest BCUT2D eigenvalue weighted by molar-refractivity contribution is 7.98. The maximum absolute atomic E-state index is 12.9. The molecular weight excluding hydrogens is 284 g/mol. The SMILES string of the molecule is CSCCC(C)N1C(=O)C(C2CCCCC2)NC(=O)C1C. The number of nitrogens with one attached hydrogen (secondary N) is 1. The average molecular weight is 312 g/mol. The molecule has 1 N–H and O–H groups in total. The van der Waals surface area contributed by atoms with Crippen LogP contribution in [0.25, 0.3) is 0 Å². The van der Waals surface area contributed by atoms with E-state index in [-0.39, 0.29) is 29.9 Å². The van der Waals surface area contributed by atoms with Gasteiger partial charge in [0, 0.05) is 6.04 Å². The maximum Gasteiger partial charge on any atom is 0.246 e. The molecule has 5 heteroatoms. The Morgan fingerprint density at radius 3 is 2.57 bits per heavy atom. The Kier molecular flexibility index (Phi) is 5.97. The molecule has 21 heavy (non-hydrogen) atoms. The van der Waals surface area contributed by atoms with Crippen molar-refractivity contribution in [2.75, 3.05) is 12.0 Å². The van der Waals surface area contributed by atoms with E-state index in [0.717, 1.165) is 25.0 Å². The zero-order valence-electron chi connectivity index (χ0n) is 13.4. The van der Waals surface area contributed by atoms with Crippen LogP contribution in [-0.2, 0) is 9.59 Å². The van der Waals surface area contributed by atoms with Gasteiger partial charge in [-0.3, -0.25) is 9.59 Å². The second-order valence-electron chi connectivity index (χ2n) is 6.44. The summed E-state index contributed by atoms with van der Waals surface area (Å²) in [5.74, 6) is 1.51. The number of hydrogen-bond donors (Lipinski definition) is 1. The second-order valence-corrected chi connectivity index (χ2v) is 7.42. The van der Waals surface area contributed by atoms with Crippen molar-refractivity contribution < 1.29 is 9.59 Å². The van der Waals surface area contributed by atoms with Gasteiger partial charge < -0.3 is 10.2 Å². The van der Waals surface area contributed by atoms with Crippen LogP contribution in [-0.4, -0.2) is 46.8 Å². The zero-order valence-corrected chi connectivity index (χ0v) is 14.2. The van der Waals surface area contributed by atoms with E-state index >= 15 is 0 Å². The summed E-state index contributed by atoms with van der Waals surface area (Å²) in [4.78, 5) is 27.0. The number of rotatable bonds is 5. The molecule has 3 atom stereocenters. The van der Waals surface area contributed by atoms with E-state index in [0.29, 0.717) is 5.92 Å². The molecule has 0 spiro atoms. The van der Waals surface area contributed by atoms with Crippen LogP contribution in [0.1, 0.15) is 52.4 Å². The maximum atomic E-state index is 12.9. The Morgan fingerprint density at radius 2 is 1.95 bits per heavy atom. The molecule has 1 saturated carbocycles. The molecule has 2 amide bonds. The molecule has 0 aromatic heterocycles. The first kappa shape index (κ1) is 16.7. The van der Waals surface area contributed by atoms with E-state index in [1.165, 1.54) is 19.3 Å². The fourth-order valence-electron chi connectivity index (χ4n) is 3.63. The highest BCUT2D eigenvalue weighted by Crippen LogP contribution is 2.30. The summed E-state index contributed by atoms with van der Waals surface area (Å²) in [7, 11) is 0. The second kappa shape index (κ2) is 7.52. The van der Waals surface area contributed by atoms with Gasteiger partial charge in [0.1, 0.15) is 12.1 Å². The van der Waals surface area contributed by atoms with E-state index in [9.17, 15) is 9.59 Å². The molecule has 1 aliphatic heterocycles. The van der Waals surface area contributed by atoms with Crippen molar-refractivity contribution in [3.05, 3.63) is 0 Å². The third-order valence-electron chi connectivity index (χ3n) is 4.95. The Bertz CT molecular complexity index is 382. The molecule has 1 saturated heterocycles. The predicted molar refractivity (Wildman–Crippen MR) is 87.3 cm³/mol. The quantitative estimate of drug-likeness (QED) is 0.848. The molecule has 1 aliphatic carbocycles. The predicted octanol–water partition coefficient (Wildman–Crippen LogP) is 2.42. The normalized spacial score (nSPS) is 29.4. The number of carbonyl (C=O) groups is 2. The van der Waals surface area contributed by atoms with Gasteiger partial charge >= 0.3 is 0 Å². The number of hydrogen-bond acceptors (Lipinski definition) is 3. The van der Waals surface area contributed by atoms with Crippen molar-refractivity contribution in [2.24, 2.45) is 5.92 Å². The molecule has 0 bridgehead atoms. The molecule has 0 radical (unpaired) electrons. The lowest BCUT2D eigenvalue weighted by molar-refractivity contribution is -0.153. The van der Waals surface area contributed by atoms with Crippen molar-refractivity contribution in [2.45, 2.75) is 70.5 Å². The monoisotopic (exact) mass is 312 g/mol. The van der Waals surface area contributed by atoms with Crippen molar-refractivity contribution in [1.29, 1.82) is 0 Å². The van der Waals surface area contributed by atoms with Crippen LogP contribution in [0.5, 0.6) is 0 Å². The Morgan fingerprint density at radius 1 is 1.29 bits per heavy atom. The molecule has 1 heterocycles. The van der Waals surface area contributed by atoms with Gasteiger partial charge in [0.25, 0.3) is 0 Å². The van der Waals surface area contributed by atoms with Crippen LogP contribution < -0.4 is 5.32 Å². The first-order valence-corrected chi connectivity index (χ1v) is 9.57. The fourth-order valence-corrected chi connectivity index (χ4v) is 4.20. The van der Waals surface area contributed by atoms with Crippen LogP contribution in [0, 0.1) is 5.92 Å². The standard InChI is InChI=1S/C16H28N2O2S/c1-11(9-10-21-3)18-12(2)15(19)17-14(16(18)20)13-7-5-4-6-8-13/h11-14H,4-10H2,1-3H3,(H,17,19). The molecule has 2 rings (SSSR count). The van der Waals surface area contributed by atoms with E-state index in [4.69, 9.17) is 0 Å². The Balaban J connectivity index is 2.10. The number of amides is 2. The van der Waals surface area contributed by atoms with Crippen molar-refractivity contribution in [1.82, 2.24) is 10.2 Å². The summed E-state index contributed by atoms with van der Waals surface area (Å²) < 4.78 is 0. The minimum atomic E-state index is -0.339. The van der Waals surface area contributed by atoms with Gasteiger partial charge in [0.05, 0.1) is 0 Å². The molecule has 0 aromatic carbocycles. The lowest BCUT2D eigenvalue weighted by Crippen LogP contribution is -2.66. The summed E-state index contributed by atoms with van der Waals surface area (Å²) in [5, 5.41) is 2.99. The number of nitrogens with zero attached hydrogens (tertiary/aromatic N) is 1. The van der Waals surface area contributed by atoms with Crippen molar-refractivity contribution in [3.63, 3.8) is 0 Å². The van der Waals surface area contributed by atoms with Gasteiger partial charge in [-0.1, -0.05) is 19.3 Å². The van der Waals surface area contributed by atoms with Crippen LogP contribution in [0.2, 0.25) is 0 Å². The van der Waals surface area contributed by atoms with Crippen molar-refractivity contribution >= 4 is 23.6 Å². The van der Waals surface area contributed by atoms with Gasteiger partial charge in [-0.15, -0.1) is 0 Å². The summed E-state index contributed by atoms with van der Waals surface area (Å²) in [6.07, 6.45) is 8.78. The molecule has 3 unspecified atom stereocenters. The van der Waals surface area contributed by atoms with Gasteiger partial charge in [-0.25, -0.2) is 0 Å². The van der Waals surface area contributed by atoms with E-state index in [1.807, 2.05) is 11.8 Å². The fraction of sp³-hybridized carbons (Fsp3) is 0.875. The lowest BCUT2D eigenvalue weighted by Gasteiger charge is -2.44. The summed E-state index contributed by atoms with van der Waals surface area (Å²) in [6.45, 7) is 3.92. The van der Waals surface area contributed by atoms with Crippen LogP contribution >= 0.6 is 11.8 Å². The molecule has 2 fully saturated rings. The van der Waals surface area contributed by atoms with Crippen molar-refractivity contribution in [3.8, 4) is 0 Å². The largest absolute Gasteiger partial charge is 0.342 e.